The zero-order valence-corrected chi connectivity index (χ0v) is 12.9. The van der Waals surface area contributed by atoms with Gasteiger partial charge in [-0.2, -0.15) is 5.10 Å². The number of nitrogens with zero attached hydrogens (tertiary/aromatic N) is 2. The second kappa shape index (κ2) is 7.24. The molecule has 118 valence electrons. The van der Waals surface area contributed by atoms with Gasteiger partial charge in [0.25, 0.3) is 0 Å². The van der Waals surface area contributed by atoms with Gasteiger partial charge in [-0.3, -0.25) is 9.48 Å². The maximum absolute atomic E-state index is 12.8. The first-order valence-corrected chi connectivity index (χ1v) is 7.41. The molecule has 1 atom stereocenters. The van der Waals surface area contributed by atoms with E-state index in [1.165, 1.54) is 0 Å². The van der Waals surface area contributed by atoms with Gasteiger partial charge in [-0.1, -0.05) is 0 Å². The molecule has 0 spiro atoms. The Kier molecular flexibility index (Phi) is 5.61. The summed E-state index contributed by atoms with van der Waals surface area (Å²) >= 11 is 0. The van der Waals surface area contributed by atoms with Gasteiger partial charge in [0.05, 0.1) is 12.6 Å². The van der Waals surface area contributed by atoms with Crippen LogP contribution in [0.4, 0.5) is 0 Å². The smallest absolute Gasteiger partial charge is 0.248 e. The van der Waals surface area contributed by atoms with Crippen LogP contribution >= 0.6 is 12.4 Å². The largest absolute Gasteiger partial charge is 0.379 e. The molecule has 1 amide bonds. The summed E-state index contributed by atoms with van der Waals surface area (Å²) in [5, 5.41) is 10.8. The van der Waals surface area contributed by atoms with Crippen LogP contribution in [0, 0.1) is 0 Å². The normalized spacial score (nSPS) is 24.9. The second-order valence-electron chi connectivity index (χ2n) is 5.62. The Morgan fingerprint density at radius 3 is 2.86 bits per heavy atom. The number of carbonyl (C=O) groups is 1. The number of nitrogens with one attached hydrogen (secondary N) is 2. The Balaban J connectivity index is 0.00000161. The summed E-state index contributed by atoms with van der Waals surface area (Å²) in [6.45, 7) is 3.11. The molecule has 1 aromatic rings. The van der Waals surface area contributed by atoms with Gasteiger partial charge >= 0.3 is 0 Å². The molecular formula is C14H23ClN4O2. The molecule has 1 aromatic heterocycles. The Morgan fingerprint density at radius 2 is 2.24 bits per heavy atom. The van der Waals surface area contributed by atoms with Crippen molar-refractivity contribution in [2.24, 2.45) is 0 Å². The van der Waals surface area contributed by atoms with Crippen molar-refractivity contribution in [1.29, 1.82) is 0 Å². The highest BCUT2D eigenvalue weighted by atomic mass is 35.5. The standard InChI is InChI=1S/C14H22N4O2.ClH/c19-13(17-12-3-1-10-20-11-12)14(4-7-15-8-5-14)18-9-2-6-16-18;/h2,6,9,12,15H,1,3-5,7-8,10-11H2,(H,17,19);1H. The van der Waals surface area contributed by atoms with Crippen LogP contribution in [-0.2, 0) is 15.1 Å². The Labute approximate surface area is 131 Å². The molecule has 2 saturated heterocycles. The van der Waals surface area contributed by atoms with E-state index in [0.717, 1.165) is 45.4 Å². The van der Waals surface area contributed by atoms with Crippen LogP contribution < -0.4 is 10.6 Å². The highest BCUT2D eigenvalue weighted by Crippen LogP contribution is 2.27. The molecular weight excluding hydrogens is 292 g/mol. The number of hydrogen-bond acceptors (Lipinski definition) is 4. The third-order valence-corrected chi connectivity index (χ3v) is 4.29. The zero-order valence-electron chi connectivity index (χ0n) is 12.1. The molecule has 0 aromatic carbocycles. The van der Waals surface area contributed by atoms with Gasteiger partial charge in [-0.05, 0) is 44.8 Å². The van der Waals surface area contributed by atoms with Crippen molar-refractivity contribution in [2.45, 2.75) is 37.3 Å². The maximum atomic E-state index is 12.8. The lowest BCUT2D eigenvalue weighted by atomic mass is 9.87. The first kappa shape index (κ1) is 16.3. The van der Waals surface area contributed by atoms with Crippen LogP contribution in [-0.4, -0.2) is 48.0 Å². The zero-order chi connectivity index (χ0) is 13.8. The van der Waals surface area contributed by atoms with Crippen LogP contribution in [0.3, 0.4) is 0 Å². The number of aromatic nitrogens is 2. The second-order valence-corrected chi connectivity index (χ2v) is 5.62. The summed E-state index contributed by atoms with van der Waals surface area (Å²) < 4.78 is 7.27. The number of ether oxygens (including phenoxy) is 1. The van der Waals surface area contributed by atoms with Crippen molar-refractivity contribution < 1.29 is 9.53 Å². The fourth-order valence-electron chi connectivity index (χ4n) is 3.10. The Bertz CT molecular complexity index is 440. The molecule has 3 heterocycles. The maximum Gasteiger partial charge on any atom is 0.248 e. The van der Waals surface area contributed by atoms with Crippen molar-refractivity contribution in [3.8, 4) is 0 Å². The van der Waals surface area contributed by atoms with E-state index in [1.54, 1.807) is 6.20 Å². The van der Waals surface area contributed by atoms with Gasteiger partial charge in [-0.25, -0.2) is 0 Å². The molecule has 0 aliphatic carbocycles. The van der Waals surface area contributed by atoms with E-state index in [4.69, 9.17) is 4.74 Å². The number of rotatable bonds is 3. The minimum atomic E-state index is -0.549. The third-order valence-electron chi connectivity index (χ3n) is 4.29. The van der Waals surface area contributed by atoms with Gasteiger partial charge in [0, 0.05) is 19.0 Å². The molecule has 2 fully saturated rings. The summed E-state index contributed by atoms with van der Waals surface area (Å²) in [5.41, 5.74) is -0.549. The van der Waals surface area contributed by atoms with Crippen molar-refractivity contribution in [3.05, 3.63) is 18.5 Å². The number of piperidine rings is 1. The van der Waals surface area contributed by atoms with Crippen molar-refractivity contribution in [3.63, 3.8) is 0 Å². The fourth-order valence-corrected chi connectivity index (χ4v) is 3.10. The lowest BCUT2D eigenvalue weighted by Crippen LogP contribution is -2.57. The summed E-state index contributed by atoms with van der Waals surface area (Å²) in [5.74, 6) is 0.0817. The average Bonchev–Trinajstić information content (AvgIpc) is 3.04. The van der Waals surface area contributed by atoms with Crippen LogP contribution in [0.2, 0.25) is 0 Å². The molecule has 2 aliphatic heterocycles. The van der Waals surface area contributed by atoms with Crippen LogP contribution in [0.5, 0.6) is 0 Å². The predicted octanol–water partition coefficient (Wildman–Crippen LogP) is 0.679. The Morgan fingerprint density at radius 1 is 1.43 bits per heavy atom. The minimum absolute atomic E-state index is 0. The molecule has 2 aliphatic rings. The van der Waals surface area contributed by atoms with E-state index in [0.29, 0.717) is 6.61 Å². The van der Waals surface area contributed by atoms with Crippen molar-refractivity contribution >= 4 is 18.3 Å². The van der Waals surface area contributed by atoms with Crippen LogP contribution in [0.1, 0.15) is 25.7 Å². The van der Waals surface area contributed by atoms with Gasteiger partial charge in [-0.15, -0.1) is 12.4 Å². The first-order chi connectivity index (χ1) is 9.81. The molecule has 0 saturated carbocycles. The van der Waals surface area contributed by atoms with E-state index in [2.05, 4.69) is 15.7 Å². The van der Waals surface area contributed by atoms with Crippen molar-refractivity contribution in [2.75, 3.05) is 26.3 Å². The van der Waals surface area contributed by atoms with Crippen LogP contribution in [0.15, 0.2) is 18.5 Å². The highest BCUT2D eigenvalue weighted by Gasteiger charge is 2.42. The molecule has 0 bridgehead atoms. The number of halogens is 1. The molecule has 3 rings (SSSR count). The van der Waals surface area contributed by atoms with E-state index >= 15 is 0 Å². The number of amides is 1. The highest BCUT2D eigenvalue weighted by molar-refractivity contribution is 5.85. The van der Waals surface area contributed by atoms with Gasteiger partial charge < -0.3 is 15.4 Å². The SMILES string of the molecule is Cl.O=C(NC1CCCOC1)C1(n2cccn2)CCNCC1. The first-order valence-electron chi connectivity index (χ1n) is 7.41. The summed E-state index contributed by atoms with van der Waals surface area (Å²) in [6, 6.07) is 2.01. The molecule has 0 radical (unpaired) electrons. The van der Waals surface area contributed by atoms with Gasteiger partial charge in [0.1, 0.15) is 5.54 Å². The third kappa shape index (κ3) is 3.39. The summed E-state index contributed by atoms with van der Waals surface area (Å²) in [4.78, 5) is 12.8. The van der Waals surface area contributed by atoms with E-state index < -0.39 is 5.54 Å². The number of hydrogen-bond donors (Lipinski definition) is 2. The molecule has 7 heteroatoms. The lowest BCUT2D eigenvalue weighted by Gasteiger charge is -2.38. The van der Waals surface area contributed by atoms with Gasteiger partial charge in [0.15, 0.2) is 0 Å². The quantitative estimate of drug-likeness (QED) is 0.861. The molecule has 1 unspecified atom stereocenters. The molecule has 21 heavy (non-hydrogen) atoms. The lowest BCUT2D eigenvalue weighted by molar-refractivity contribution is -0.133. The fraction of sp³-hybridized carbons (Fsp3) is 0.714. The van der Waals surface area contributed by atoms with Crippen molar-refractivity contribution in [1.82, 2.24) is 20.4 Å². The predicted molar refractivity (Wildman–Crippen MR) is 81.5 cm³/mol. The minimum Gasteiger partial charge on any atom is -0.379 e. The summed E-state index contributed by atoms with van der Waals surface area (Å²) in [7, 11) is 0. The van der Waals surface area contributed by atoms with Crippen LogP contribution in [0.25, 0.3) is 0 Å². The number of carbonyl (C=O) groups excluding carboxylic acids is 1. The monoisotopic (exact) mass is 314 g/mol. The van der Waals surface area contributed by atoms with E-state index in [9.17, 15) is 4.79 Å². The van der Waals surface area contributed by atoms with E-state index in [1.807, 2.05) is 16.9 Å². The molecule has 6 nitrogen and oxygen atoms in total. The topological polar surface area (TPSA) is 68.2 Å². The van der Waals surface area contributed by atoms with Gasteiger partial charge in [0.2, 0.25) is 5.91 Å². The summed E-state index contributed by atoms with van der Waals surface area (Å²) in [6.07, 6.45) is 7.19. The average molecular weight is 315 g/mol. The Hall–Kier alpha value is -1.11. The molecule has 2 N–H and O–H groups in total. The van der Waals surface area contributed by atoms with E-state index in [-0.39, 0.29) is 24.4 Å².